The normalized spacial score (nSPS) is 15.6. The molecule has 3 rings (SSSR count). The summed E-state index contributed by atoms with van der Waals surface area (Å²) < 4.78 is 18.7. The van der Waals surface area contributed by atoms with Gasteiger partial charge in [-0.25, -0.2) is 4.39 Å². The van der Waals surface area contributed by atoms with Crippen LogP contribution in [0.1, 0.15) is 18.9 Å². The molecule has 1 atom stereocenters. The zero-order valence-electron chi connectivity index (χ0n) is 16.3. The predicted molar refractivity (Wildman–Crippen MR) is 109 cm³/mol. The van der Waals surface area contributed by atoms with Crippen molar-refractivity contribution in [2.75, 3.05) is 26.2 Å². The van der Waals surface area contributed by atoms with Crippen LogP contribution in [0.5, 0.6) is 5.75 Å². The van der Waals surface area contributed by atoms with Crippen LogP contribution in [0.4, 0.5) is 4.39 Å². The number of halogens is 2. The maximum atomic E-state index is 13.0. The molecular weight excluding hydrogens is 395 g/mol. The Morgan fingerprint density at radius 1 is 1.00 bits per heavy atom. The average Bonchev–Trinajstić information content (AvgIpc) is 2.97. The number of amides is 2. The lowest BCUT2D eigenvalue weighted by molar-refractivity contribution is -0.138. The van der Waals surface area contributed by atoms with Crippen molar-refractivity contribution in [3.05, 3.63) is 64.9 Å². The van der Waals surface area contributed by atoms with Gasteiger partial charge in [-0.3, -0.25) is 9.59 Å². The number of carbonyl (C=O) groups excluding carboxylic acids is 2. The molecule has 0 spiro atoms. The van der Waals surface area contributed by atoms with E-state index in [9.17, 15) is 14.0 Å². The van der Waals surface area contributed by atoms with E-state index in [1.807, 2.05) is 0 Å². The summed E-state index contributed by atoms with van der Waals surface area (Å²) in [7, 11) is 0. The van der Waals surface area contributed by atoms with E-state index in [4.69, 9.17) is 16.3 Å². The Labute approximate surface area is 175 Å². The lowest BCUT2D eigenvalue weighted by Gasteiger charge is -2.25. The van der Waals surface area contributed by atoms with Gasteiger partial charge in [0.25, 0.3) is 5.91 Å². The standard InChI is InChI=1S/C22H24ClFN2O3/c1-16(29-20-9-5-18(23)6-10-20)22(28)26-12-2-11-25(13-14-26)21(27)15-17-3-7-19(24)8-4-17/h3-10,16H,2,11-15H2,1H3. The molecule has 1 fully saturated rings. The molecule has 0 aliphatic carbocycles. The third kappa shape index (κ3) is 5.94. The second-order valence-corrected chi connectivity index (χ2v) is 7.51. The molecule has 1 heterocycles. The number of rotatable bonds is 5. The van der Waals surface area contributed by atoms with Crippen LogP contribution in [-0.4, -0.2) is 53.9 Å². The van der Waals surface area contributed by atoms with Gasteiger partial charge in [-0.2, -0.15) is 0 Å². The Morgan fingerprint density at radius 3 is 2.31 bits per heavy atom. The van der Waals surface area contributed by atoms with E-state index in [0.717, 1.165) is 5.56 Å². The van der Waals surface area contributed by atoms with Gasteiger partial charge < -0.3 is 14.5 Å². The van der Waals surface area contributed by atoms with E-state index in [-0.39, 0.29) is 24.1 Å². The largest absolute Gasteiger partial charge is 0.481 e. The van der Waals surface area contributed by atoms with E-state index >= 15 is 0 Å². The summed E-state index contributed by atoms with van der Waals surface area (Å²) in [5, 5.41) is 0.606. The van der Waals surface area contributed by atoms with Gasteiger partial charge in [-0.1, -0.05) is 23.7 Å². The van der Waals surface area contributed by atoms with Crippen LogP contribution in [0.15, 0.2) is 48.5 Å². The van der Waals surface area contributed by atoms with Gasteiger partial charge >= 0.3 is 0 Å². The molecule has 154 valence electrons. The van der Waals surface area contributed by atoms with E-state index in [0.29, 0.717) is 43.4 Å². The van der Waals surface area contributed by atoms with E-state index in [1.54, 1.807) is 53.1 Å². The van der Waals surface area contributed by atoms with Crippen molar-refractivity contribution in [3.63, 3.8) is 0 Å². The van der Waals surface area contributed by atoms with Crippen LogP contribution >= 0.6 is 11.6 Å². The van der Waals surface area contributed by atoms with Crippen molar-refractivity contribution in [2.24, 2.45) is 0 Å². The highest BCUT2D eigenvalue weighted by atomic mass is 35.5. The first-order chi connectivity index (χ1) is 13.9. The number of hydrogen-bond donors (Lipinski definition) is 0. The molecule has 2 aromatic rings. The first-order valence-electron chi connectivity index (χ1n) is 9.65. The molecule has 0 radical (unpaired) electrons. The van der Waals surface area contributed by atoms with Crippen LogP contribution in [-0.2, 0) is 16.0 Å². The molecule has 0 saturated carbocycles. The average molecular weight is 419 g/mol. The van der Waals surface area contributed by atoms with Crippen molar-refractivity contribution < 1.29 is 18.7 Å². The SMILES string of the molecule is CC(Oc1ccc(Cl)cc1)C(=O)N1CCCN(C(=O)Cc2ccc(F)cc2)CC1. The monoisotopic (exact) mass is 418 g/mol. The van der Waals surface area contributed by atoms with E-state index in [2.05, 4.69) is 0 Å². The molecule has 0 N–H and O–H groups in total. The Balaban J connectivity index is 1.52. The third-order valence-electron chi connectivity index (χ3n) is 4.90. The highest BCUT2D eigenvalue weighted by molar-refractivity contribution is 6.30. The molecule has 1 unspecified atom stereocenters. The Bertz CT molecular complexity index is 842. The number of benzene rings is 2. The van der Waals surface area contributed by atoms with Gasteiger partial charge in [0.15, 0.2) is 6.10 Å². The van der Waals surface area contributed by atoms with Crippen LogP contribution in [0.2, 0.25) is 5.02 Å². The summed E-state index contributed by atoms with van der Waals surface area (Å²) in [5.74, 6) is 0.144. The molecular formula is C22H24ClFN2O3. The molecule has 2 aromatic carbocycles. The lowest BCUT2D eigenvalue weighted by atomic mass is 10.1. The van der Waals surface area contributed by atoms with Gasteiger partial charge in [0.2, 0.25) is 5.91 Å². The molecule has 0 bridgehead atoms. The second-order valence-electron chi connectivity index (χ2n) is 7.08. The predicted octanol–water partition coefficient (Wildman–Crippen LogP) is 3.55. The van der Waals surface area contributed by atoms with Gasteiger partial charge in [0.1, 0.15) is 11.6 Å². The summed E-state index contributed by atoms with van der Waals surface area (Å²) in [4.78, 5) is 28.8. The van der Waals surface area contributed by atoms with Gasteiger partial charge in [0.05, 0.1) is 6.42 Å². The first-order valence-corrected chi connectivity index (χ1v) is 10.0. The molecule has 1 aliphatic rings. The molecule has 0 aromatic heterocycles. The Hall–Kier alpha value is -2.60. The molecule has 7 heteroatoms. The topological polar surface area (TPSA) is 49.9 Å². The van der Waals surface area contributed by atoms with E-state index in [1.165, 1.54) is 12.1 Å². The number of ether oxygens (including phenoxy) is 1. The van der Waals surface area contributed by atoms with Crippen LogP contribution in [0.3, 0.4) is 0 Å². The minimum Gasteiger partial charge on any atom is -0.481 e. The zero-order chi connectivity index (χ0) is 20.8. The first kappa shape index (κ1) is 21.1. The molecule has 1 saturated heterocycles. The zero-order valence-corrected chi connectivity index (χ0v) is 17.1. The summed E-state index contributed by atoms with van der Waals surface area (Å²) in [6, 6.07) is 12.8. The fourth-order valence-corrected chi connectivity index (χ4v) is 3.43. The van der Waals surface area contributed by atoms with Crippen molar-refractivity contribution in [2.45, 2.75) is 25.9 Å². The van der Waals surface area contributed by atoms with Crippen molar-refractivity contribution in [1.29, 1.82) is 0 Å². The van der Waals surface area contributed by atoms with Gasteiger partial charge in [0, 0.05) is 31.2 Å². The summed E-state index contributed by atoms with van der Waals surface area (Å²) >= 11 is 5.87. The van der Waals surface area contributed by atoms with Crippen LogP contribution in [0.25, 0.3) is 0 Å². The van der Waals surface area contributed by atoms with Gasteiger partial charge in [-0.15, -0.1) is 0 Å². The Morgan fingerprint density at radius 2 is 1.62 bits per heavy atom. The second kappa shape index (κ2) is 9.74. The van der Waals surface area contributed by atoms with E-state index < -0.39 is 6.10 Å². The van der Waals surface area contributed by atoms with Crippen LogP contribution in [0, 0.1) is 5.82 Å². The minimum absolute atomic E-state index is 0.0173. The van der Waals surface area contributed by atoms with Crippen LogP contribution < -0.4 is 4.74 Å². The Kier molecular flexibility index (Phi) is 7.09. The molecule has 29 heavy (non-hydrogen) atoms. The quantitative estimate of drug-likeness (QED) is 0.746. The molecule has 5 nitrogen and oxygen atoms in total. The minimum atomic E-state index is -0.627. The fraction of sp³-hybridized carbons (Fsp3) is 0.364. The number of carbonyl (C=O) groups is 2. The molecule has 2 amide bonds. The third-order valence-corrected chi connectivity index (χ3v) is 5.16. The fourth-order valence-electron chi connectivity index (χ4n) is 3.30. The van der Waals surface area contributed by atoms with Crippen molar-refractivity contribution in [1.82, 2.24) is 9.80 Å². The molecule has 1 aliphatic heterocycles. The highest BCUT2D eigenvalue weighted by Gasteiger charge is 2.26. The van der Waals surface area contributed by atoms with Crippen molar-refractivity contribution >= 4 is 23.4 Å². The van der Waals surface area contributed by atoms with Gasteiger partial charge in [-0.05, 0) is 55.3 Å². The maximum Gasteiger partial charge on any atom is 0.263 e. The lowest BCUT2D eigenvalue weighted by Crippen LogP contribution is -2.43. The number of hydrogen-bond acceptors (Lipinski definition) is 3. The summed E-state index contributed by atoms with van der Waals surface area (Å²) in [6.45, 7) is 3.82. The number of nitrogens with zero attached hydrogens (tertiary/aromatic N) is 2. The highest BCUT2D eigenvalue weighted by Crippen LogP contribution is 2.18. The van der Waals surface area contributed by atoms with Crippen molar-refractivity contribution in [3.8, 4) is 5.75 Å². The summed E-state index contributed by atoms with van der Waals surface area (Å²) in [6.07, 6.45) is 0.302. The summed E-state index contributed by atoms with van der Waals surface area (Å²) in [5.41, 5.74) is 0.776. The maximum absolute atomic E-state index is 13.0. The smallest absolute Gasteiger partial charge is 0.263 e.